The number of aromatic nitrogens is 1. The Balaban J connectivity index is 2.20. The first kappa shape index (κ1) is 17.4. The Hall–Kier alpha value is -2.00. The number of carboxylic acids is 1. The molecule has 1 aromatic rings. The molecule has 0 spiro atoms. The Bertz CT molecular complexity index is 686. The molecule has 1 aliphatic heterocycles. The second-order valence-electron chi connectivity index (χ2n) is 5.29. The van der Waals surface area contributed by atoms with Crippen LogP contribution in [0.5, 0.6) is 0 Å². The fourth-order valence-electron chi connectivity index (χ4n) is 2.45. The van der Waals surface area contributed by atoms with Crippen LogP contribution in [0.25, 0.3) is 0 Å². The van der Waals surface area contributed by atoms with Crippen LogP contribution >= 0.6 is 0 Å². The van der Waals surface area contributed by atoms with Crippen molar-refractivity contribution in [2.45, 2.75) is 12.5 Å². The molecule has 1 amide bonds. The Morgan fingerprint density at radius 2 is 2.17 bits per heavy atom. The van der Waals surface area contributed by atoms with E-state index < -0.39 is 27.8 Å². The van der Waals surface area contributed by atoms with E-state index in [-0.39, 0.29) is 35.9 Å². The topological polar surface area (TPSA) is 114 Å². The third-order valence-corrected chi connectivity index (χ3v) is 5.43. The van der Waals surface area contributed by atoms with Crippen molar-refractivity contribution in [3.8, 4) is 0 Å². The van der Waals surface area contributed by atoms with Gasteiger partial charge in [0.2, 0.25) is 0 Å². The minimum atomic E-state index is -3.13. The summed E-state index contributed by atoms with van der Waals surface area (Å²) in [5.74, 6) is -1.58. The number of carbonyl (C=O) groups excluding carboxylic acids is 1. The zero-order chi connectivity index (χ0) is 17.0. The third-order valence-electron chi connectivity index (χ3n) is 3.68. The van der Waals surface area contributed by atoms with Crippen molar-refractivity contribution in [3.05, 3.63) is 29.6 Å². The van der Waals surface area contributed by atoms with E-state index in [4.69, 9.17) is 9.84 Å². The molecule has 2 heterocycles. The smallest absolute Gasteiger partial charge is 0.337 e. The summed E-state index contributed by atoms with van der Waals surface area (Å²) in [6, 6.07) is 2.21. The van der Waals surface area contributed by atoms with Gasteiger partial charge in [-0.15, -0.1) is 0 Å². The predicted molar refractivity (Wildman–Crippen MR) is 81.2 cm³/mol. The second kappa shape index (κ2) is 7.05. The van der Waals surface area contributed by atoms with Crippen molar-refractivity contribution in [1.29, 1.82) is 0 Å². The molecule has 1 saturated heterocycles. The van der Waals surface area contributed by atoms with Crippen LogP contribution in [0.2, 0.25) is 0 Å². The SMILES string of the molecule is COCCN(C(=O)c1ccc(C(=O)O)cn1)C1CCS(=O)(=O)C1. The highest BCUT2D eigenvalue weighted by atomic mass is 32.2. The number of hydrogen-bond acceptors (Lipinski definition) is 6. The average molecular weight is 342 g/mol. The molecule has 1 fully saturated rings. The van der Waals surface area contributed by atoms with E-state index in [0.29, 0.717) is 6.42 Å². The quantitative estimate of drug-likeness (QED) is 0.777. The van der Waals surface area contributed by atoms with Gasteiger partial charge < -0.3 is 14.7 Å². The minimum Gasteiger partial charge on any atom is -0.478 e. The number of pyridine rings is 1. The van der Waals surface area contributed by atoms with Crippen molar-refractivity contribution >= 4 is 21.7 Å². The van der Waals surface area contributed by atoms with Crippen LogP contribution in [0, 0.1) is 0 Å². The number of rotatable bonds is 6. The number of amides is 1. The molecule has 0 saturated carbocycles. The Labute approximate surface area is 134 Å². The molecule has 0 radical (unpaired) electrons. The highest BCUT2D eigenvalue weighted by Crippen LogP contribution is 2.19. The van der Waals surface area contributed by atoms with Crippen LogP contribution in [0.4, 0.5) is 0 Å². The standard InChI is InChI=1S/C14H18N2O6S/c1-22-6-5-16(11-4-7-23(20,21)9-11)13(17)12-3-2-10(8-15-12)14(18)19/h2-3,8,11H,4-7,9H2,1H3,(H,18,19). The molecular formula is C14H18N2O6S. The largest absolute Gasteiger partial charge is 0.478 e. The van der Waals surface area contributed by atoms with Gasteiger partial charge in [0.15, 0.2) is 9.84 Å². The summed E-state index contributed by atoms with van der Waals surface area (Å²) in [6.07, 6.45) is 1.49. The van der Waals surface area contributed by atoms with Gasteiger partial charge in [0.25, 0.3) is 5.91 Å². The molecular weight excluding hydrogens is 324 g/mol. The lowest BCUT2D eigenvalue weighted by Gasteiger charge is -2.27. The first-order chi connectivity index (χ1) is 10.8. The highest BCUT2D eigenvalue weighted by Gasteiger charge is 2.35. The van der Waals surface area contributed by atoms with E-state index in [9.17, 15) is 18.0 Å². The first-order valence-corrected chi connectivity index (χ1v) is 8.86. The zero-order valence-electron chi connectivity index (χ0n) is 12.6. The van der Waals surface area contributed by atoms with Crippen LogP contribution < -0.4 is 0 Å². The van der Waals surface area contributed by atoms with Gasteiger partial charge in [-0.3, -0.25) is 9.78 Å². The summed E-state index contributed by atoms with van der Waals surface area (Å²) in [4.78, 5) is 28.7. The lowest BCUT2D eigenvalue weighted by atomic mass is 10.2. The number of carboxylic acid groups (broad SMARTS) is 1. The molecule has 1 atom stereocenters. The van der Waals surface area contributed by atoms with Gasteiger partial charge in [0.05, 0.1) is 23.7 Å². The first-order valence-electron chi connectivity index (χ1n) is 7.04. The van der Waals surface area contributed by atoms with E-state index >= 15 is 0 Å². The van der Waals surface area contributed by atoms with Crippen molar-refractivity contribution in [2.75, 3.05) is 31.8 Å². The maximum absolute atomic E-state index is 12.6. The second-order valence-corrected chi connectivity index (χ2v) is 7.51. The monoisotopic (exact) mass is 342 g/mol. The lowest BCUT2D eigenvalue weighted by molar-refractivity contribution is 0.0616. The van der Waals surface area contributed by atoms with Crippen molar-refractivity contribution in [2.24, 2.45) is 0 Å². The molecule has 1 aromatic heterocycles. The fourth-order valence-corrected chi connectivity index (χ4v) is 4.19. The van der Waals surface area contributed by atoms with Gasteiger partial charge in [0.1, 0.15) is 5.69 Å². The van der Waals surface area contributed by atoms with E-state index in [1.807, 2.05) is 0 Å². The highest BCUT2D eigenvalue weighted by molar-refractivity contribution is 7.91. The maximum atomic E-state index is 12.6. The van der Waals surface area contributed by atoms with Crippen molar-refractivity contribution < 1.29 is 27.9 Å². The van der Waals surface area contributed by atoms with E-state index in [0.717, 1.165) is 6.20 Å². The van der Waals surface area contributed by atoms with Crippen LogP contribution in [0.15, 0.2) is 18.3 Å². The Morgan fingerprint density at radius 1 is 1.43 bits per heavy atom. The minimum absolute atomic E-state index is 0.0200. The van der Waals surface area contributed by atoms with Crippen LogP contribution in [-0.4, -0.2) is 73.1 Å². The van der Waals surface area contributed by atoms with E-state index in [2.05, 4.69) is 4.98 Å². The molecule has 8 nitrogen and oxygen atoms in total. The van der Waals surface area contributed by atoms with Gasteiger partial charge in [-0.05, 0) is 18.6 Å². The molecule has 126 valence electrons. The molecule has 23 heavy (non-hydrogen) atoms. The predicted octanol–water partition coefficient (Wildman–Crippen LogP) is 0.0555. The van der Waals surface area contributed by atoms with E-state index in [1.165, 1.54) is 24.1 Å². The lowest BCUT2D eigenvalue weighted by Crippen LogP contribution is -2.43. The number of sulfone groups is 1. The molecule has 0 aromatic carbocycles. The van der Waals surface area contributed by atoms with Gasteiger partial charge in [0, 0.05) is 25.9 Å². The van der Waals surface area contributed by atoms with Gasteiger partial charge in [-0.1, -0.05) is 0 Å². The van der Waals surface area contributed by atoms with Gasteiger partial charge >= 0.3 is 5.97 Å². The Kier molecular flexibility index (Phi) is 5.32. The van der Waals surface area contributed by atoms with Gasteiger partial charge in [-0.25, -0.2) is 13.2 Å². The average Bonchev–Trinajstić information content (AvgIpc) is 2.87. The van der Waals surface area contributed by atoms with Crippen LogP contribution in [-0.2, 0) is 14.6 Å². The number of methoxy groups -OCH3 is 1. The summed E-state index contributed by atoms with van der Waals surface area (Å²) in [7, 11) is -1.64. The maximum Gasteiger partial charge on any atom is 0.337 e. The molecule has 1 aliphatic rings. The summed E-state index contributed by atoms with van der Waals surface area (Å²) in [5, 5.41) is 8.85. The molecule has 0 bridgehead atoms. The molecule has 2 rings (SSSR count). The number of nitrogens with zero attached hydrogens (tertiary/aromatic N) is 2. The molecule has 0 aliphatic carbocycles. The summed E-state index contributed by atoms with van der Waals surface area (Å²) in [6.45, 7) is 0.521. The Morgan fingerprint density at radius 3 is 2.65 bits per heavy atom. The third kappa shape index (κ3) is 4.26. The zero-order valence-corrected chi connectivity index (χ0v) is 13.5. The van der Waals surface area contributed by atoms with Gasteiger partial charge in [-0.2, -0.15) is 0 Å². The number of ether oxygens (including phenoxy) is 1. The summed E-state index contributed by atoms with van der Waals surface area (Å²) < 4.78 is 28.3. The number of aromatic carboxylic acids is 1. The van der Waals surface area contributed by atoms with Crippen molar-refractivity contribution in [1.82, 2.24) is 9.88 Å². The van der Waals surface area contributed by atoms with Crippen LogP contribution in [0.1, 0.15) is 27.3 Å². The number of carbonyl (C=O) groups is 2. The van der Waals surface area contributed by atoms with Crippen molar-refractivity contribution in [3.63, 3.8) is 0 Å². The fraction of sp³-hybridized carbons (Fsp3) is 0.500. The number of hydrogen-bond donors (Lipinski definition) is 1. The molecule has 9 heteroatoms. The van der Waals surface area contributed by atoms with E-state index in [1.54, 1.807) is 0 Å². The molecule has 1 N–H and O–H groups in total. The summed E-state index contributed by atoms with van der Waals surface area (Å²) >= 11 is 0. The normalized spacial score (nSPS) is 19.4. The summed E-state index contributed by atoms with van der Waals surface area (Å²) in [5.41, 5.74) is 0.0591. The van der Waals surface area contributed by atoms with Crippen LogP contribution in [0.3, 0.4) is 0 Å². The molecule has 1 unspecified atom stereocenters.